The average Bonchev–Trinajstić information content (AvgIpc) is 2.14. The van der Waals surface area contributed by atoms with Gasteiger partial charge in [-0.3, -0.25) is 0 Å². The summed E-state index contributed by atoms with van der Waals surface area (Å²) in [4.78, 5) is 0. The fourth-order valence-electron chi connectivity index (χ4n) is 1.19. The number of nitrogens with one attached hydrogen (secondary N) is 1. The molecule has 0 aliphatic carbocycles. The van der Waals surface area contributed by atoms with Crippen molar-refractivity contribution in [2.75, 3.05) is 26.3 Å². The predicted molar refractivity (Wildman–Crippen MR) is 54.9 cm³/mol. The van der Waals surface area contributed by atoms with E-state index in [9.17, 15) is 0 Å². The van der Waals surface area contributed by atoms with E-state index < -0.39 is 0 Å². The van der Waals surface area contributed by atoms with Crippen LogP contribution in [0.1, 0.15) is 6.92 Å². The first-order valence-electron chi connectivity index (χ1n) is 4.88. The molecule has 1 fully saturated rings. The van der Waals surface area contributed by atoms with Crippen LogP contribution in [-0.2, 0) is 9.47 Å². The Kier molecular flexibility index (Phi) is 4.42. The summed E-state index contributed by atoms with van der Waals surface area (Å²) < 4.78 is 18.5. The maximum absolute atomic E-state index is 7.56. The number of ether oxygens (including phenoxy) is 2. The molecule has 0 bridgehead atoms. The standard InChI is InChI=1S/C7H17BNO2P/c1-2-10-5-6-3-9-4-7(8-12)11-6/h6-9H,2-5,12H2,1H3/i/hT. The second-order valence-electron chi connectivity index (χ2n) is 2.86. The molecular formula is C7H17BNO2P. The smallest absolute Gasteiger partial charge is 0.182 e. The predicted octanol–water partition coefficient (Wildman–Crippen LogP) is -0.436. The van der Waals surface area contributed by atoms with Crippen molar-refractivity contribution in [2.45, 2.75) is 19.0 Å². The van der Waals surface area contributed by atoms with Gasteiger partial charge in [0.1, 0.15) is 1.41 Å². The summed E-state index contributed by atoms with van der Waals surface area (Å²) in [6.07, 6.45) is 0.0664. The Labute approximate surface area is 78.4 Å². The van der Waals surface area contributed by atoms with Crippen LogP contribution < -0.4 is 5.31 Å². The third-order valence-electron chi connectivity index (χ3n) is 1.82. The zero-order valence-corrected chi connectivity index (χ0v) is 8.69. The van der Waals surface area contributed by atoms with E-state index in [1.165, 1.54) is 0 Å². The Morgan fingerprint density at radius 3 is 3.33 bits per heavy atom. The molecule has 1 rings (SSSR count). The molecular weight excluding hydrogens is 172 g/mol. The van der Waals surface area contributed by atoms with Gasteiger partial charge in [-0.1, -0.05) is 0 Å². The van der Waals surface area contributed by atoms with E-state index in [0.717, 1.165) is 7.00 Å². The van der Waals surface area contributed by atoms with Crippen LogP contribution in [0.25, 0.3) is 0 Å². The molecule has 0 aromatic carbocycles. The number of hydrogen-bond acceptors (Lipinski definition) is 3. The highest BCUT2D eigenvalue weighted by molar-refractivity contribution is 7.56. The van der Waals surface area contributed by atoms with Gasteiger partial charge in [0.25, 0.3) is 0 Å². The van der Waals surface area contributed by atoms with Crippen LogP contribution >= 0.6 is 9.12 Å². The van der Waals surface area contributed by atoms with Gasteiger partial charge in [-0.2, -0.15) is 9.12 Å². The molecule has 3 atom stereocenters. The summed E-state index contributed by atoms with van der Waals surface area (Å²) >= 11 is 0. The molecule has 0 spiro atoms. The van der Waals surface area contributed by atoms with Crippen molar-refractivity contribution in [1.82, 2.24) is 5.31 Å². The molecule has 1 aliphatic heterocycles. The molecule has 1 N–H and O–H groups in total. The summed E-state index contributed by atoms with van der Waals surface area (Å²) in [5, 5.41) is 1.56. The molecule has 0 saturated carbocycles. The lowest BCUT2D eigenvalue weighted by Crippen LogP contribution is -2.48. The van der Waals surface area contributed by atoms with Crippen LogP contribution in [0.2, 0.25) is 1.41 Å². The van der Waals surface area contributed by atoms with E-state index in [-0.39, 0.29) is 12.1 Å². The van der Waals surface area contributed by atoms with Crippen LogP contribution in [0.4, 0.5) is 0 Å². The highest BCUT2D eigenvalue weighted by atomic mass is 31.0. The van der Waals surface area contributed by atoms with Crippen LogP contribution in [-0.4, -0.2) is 45.4 Å². The molecule has 12 heavy (non-hydrogen) atoms. The highest BCUT2D eigenvalue weighted by Crippen LogP contribution is 2.05. The Morgan fingerprint density at radius 2 is 2.67 bits per heavy atom. The third kappa shape index (κ3) is 3.40. The molecule has 3 unspecified atom stereocenters. The molecule has 1 aliphatic rings. The van der Waals surface area contributed by atoms with Crippen molar-refractivity contribution >= 4 is 16.1 Å². The van der Waals surface area contributed by atoms with Crippen molar-refractivity contribution in [2.24, 2.45) is 0 Å². The van der Waals surface area contributed by atoms with Crippen molar-refractivity contribution in [3.05, 3.63) is 0 Å². The number of morpholine rings is 1. The van der Waals surface area contributed by atoms with E-state index in [1.54, 1.807) is 5.31 Å². The monoisotopic (exact) mass is 191 g/mol. The normalized spacial score (nSPS) is 33.0. The summed E-state index contributed by atoms with van der Waals surface area (Å²) in [5.41, 5.74) is 0. The second kappa shape index (κ2) is 5.93. The molecule has 5 heteroatoms. The quantitative estimate of drug-likeness (QED) is 0.482. The van der Waals surface area contributed by atoms with Gasteiger partial charge < -0.3 is 14.8 Å². The Hall–Kier alpha value is 0.375. The Morgan fingerprint density at radius 1 is 1.83 bits per heavy atom. The molecule has 1 saturated heterocycles. The van der Waals surface area contributed by atoms with Crippen LogP contribution in [0.15, 0.2) is 0 Å². The maximum atomic E-state index is 7.56. The lowest BCUT2D eigenvalue weighted by molar-refractivity contribution is -0.0451. The second-order valence-corrected chi connectivity index (χ2v) is 3.34. The first kappa shape index (κ1) is 8.95. The molecule has 0 aromatic rings. The first-order chi connectivity index (χ1) is 6.26. The van der Waals surface area contributed by atoms with Crippen molar-refractivity contribution in [3.8, 4) is 0 Å². The minimum absolute atomic E-state index is 0.0664. The van der Waals surface area contributed by atoms with Crippen LogP contribution in [0.3, 0.4) is 0 Å². The molecule has 70 valence electrons. The highest BCUT2D eigenvalue weighted by Gasteiger charge is 2.20. The van der Waals surface area contributed by atoms with Gasteiger partial charge in [0.05, 0.1) is 12.7 Å². The molecule has 0 amide bonds. The zero-order valence-electron chi connectivity index (χ0n) is 8.53. The summed E-state index contributed by atoms with van der Waals surface area (Å²) in [5.74, 6) is 0. The van der Waals surface area contributed by atoms with E-state index in [2.05, 4.69) is 9.12 Å². The van der Waals surface area contributed by atoms with Gasteiger partial charge in [0.15, 0.2) is 7.00 Å². The minimum Gasteiger partial charge on any atom is -0.379 e. The van der Waals surface area contributed by atoms with Gasteiger partial charge in [-0.05, 0) is 6.92 Å². The Balaban J connectivity index is 2.29. The topological polar surface area (TPSA) is 30.5 Å². The molecule has 0 radical (unpaired) electrons. The largest absolute Gasteiger partial charge is 0.379 e. The maximum Gasteiger partial charge on any atom is 0.182 e. The molecule has 3 nitrogen and oxygen atoms in total. The van der Waals surface area contributed by atoms with Gasteiger partial charge in [-0.15, -0.1) is 0 Å². The third-order valence-corrected chi connectivity index (χ3v) is 2.35. The number of hydrogen-bond donors (Lipinski definition) is 1. The van der Waals surface area contributed by atoms with Gasteiger partial charge in [0.2, 0.25) is 0 Å². The van der Waals surface area contributed by atoms with Gasteiger partial charge in [0, 0.05) is 25.7 Å². The summed E-state index contributed by atoms with van der Waals surface area (Å²) in [6.45, 7) is 5.52. The fraction of sp³-hybridized carbons (Fsp3) is 1.00. The average molecular weight is 191 g/mol. The Bertz CT molecular complexity index is 154. The fourth-order valence-corrected chi connectivity index (χ4v) is 1.45. The molecule has 1 heterocycles. The molecule has 0 aromatic heterocycles. The van der Waals surface area contributed by atoms with Crippen LogP contribution in [0, 0.1) is 0 Å². The zero-order chi connectivity index (χ0) is 9.68. The van der Waals surface area contributed by atoms with E-state index in [1.807, 2.05) is 6.92 Å². The van der Waals surface area contributed by atoms with Crippen molar-refractivity contribution in [1.29, 1.82) is 0 Å². The lowest BCUT2D eigenvalue weighted by atomic mass is 9.96. The van der Waals surface area contributed by atoms with Gasteiger partial charge in [-0.25, -0.2) is 0 Å². The van der Waals surface area contributed by atoms with E-state index in [0.29, 0.717) is 26.3 Å². The SMILES string of the molecule is [3H]N1CC(BP)OC(COCC)C1. The lowest BCUT2D eigenvalue weighted by Gasteiger charge is -2.29. The van der Waals surface area contributed by atoms with Crippen LogP contribution in [0.5, 0.6) is 0 Å². The van der Waals surface area contributed by atoms with E-state index in [4.69, 9.17) is 10.9 Å². The first-order valence-corrected chi connectivity index (χ1v) is 5.25. The summed E-state index contributed by atoms with van der Waals surface area (Å²) in [7, 11) is 2.65. The van der Waals surface area contributed by atoms with E-state index >= 15 is 0 Å². The number of rotatable bonds is 4. The van der Waals surface area contributed by atoms with Crippen molar-refractivity contribution < 1.29 is 10.9 Å². The summed E-state index contributed by atoms with van der Waals surface area (Å²) in [6, 6.07) is 0.168. The minimum atomic E-state index is 0.0664. The van der Waals surface area contributed by atoms with Gasteiger partial charge >= 0.3 is 0 Å². The van der Waals surface area contributed by atoms with Crippen molar-refractivity contribution in [3.63, 3.8) is 0 Å².